The minimum absolute atomic E-state index is 0. The summed E-state index contributed by atoms with van der Waals surface area (Å²) < 4.78 is 269. The summed E-state index contributed by atoms with van der Waals surface area (Å²) in [4.78, 5) is 43.8. The monoisotopic (exact) mass is 2410 g/mol. The number of benzene rings is 9. The molecule has 10 N–H and O–H groups in total. The second-order valence-corrected chi connectivity index (χ2v) is 58.2. The molecule has 0 aliphatic carbocycles. The molecule has 5 fully saturated rings. The summed E-state index contributed by atoms with van der Waals surface area (Å²) in [6.07, 6.45) is -12.0. The van der Waals surface area contributed by atoms with Crippen LogP contribution in [0, 0.1) is 37.8 Å². The molecular weight excluding hydrogens is 2210 g/mol. The Hall–Kier alpha value is -7.31. The Morgan fingerprint density at radius 1 is 0.534 bits per heavy atom. The smallest absolute Gasteiger partial charge is 0.311 e. The van der Waals surface area contributed by atoms with E-state index in [0.717, 1.165) is 64.6 Å². The van der Waals surface area contributed by atoms with E-state index in [4.69, 9.17) is 114 Å². The number of likely N-dealkylation sites (tertiary alicyclic amines) is 4. The zero-order valence-corrected chi connectivity index (χ0v) is 100. The fourth-order valence-corrected chi connectivity index (χ4v) is 26.1. The number of aryl methyl sites for hydroxylation is 4. The SMILES string of the molecule is C1CCN2CCCN=C2C1.C=CC[Si](C)(C)C.NCc1ccccc1.[2H]C(C)(C)Oc1cc(Br)c(C)cc1N.[2H]C(C)(C)Oc1cc(Br)c(C)cc1N([Si](C)(C)C)[Si](C)(C)C.[2H]C(C)(C)Oc1cc(Br)c(C)cc1[N+](=O)[O-].[2H]C(C)(C)Oc1cc(C2(O)C([2H])([2H])C([2H])([2H])N(Cc3ccccc3)C([2H])([2H])C2([2H])[2H])c(C)cc1N.[2H]C(Cl)(Cl)Cl.[2H]C1([2H])C(=O)C([2H])([2H])C([2H])([2H])N(Cc2ccccc2)C1([2H])[2H].[2H]C1([2H])CC(=O)CC([2H])([2H])N1Cc1ccccc1.[2H]C1([2H])CC(O)CC([2H])([2H])N1Cc1ccccc1.[2H]O[2H].[Fe]. The number of halogens is 6. The average molecular weight is 2420 g/mol. The predicted octanol–water partition coefficient (Wildman–Crippen LogP) is 27.9. The molecule has 15 rings (SSSR count). The van der Waals surface area contributed by atoms with Crippen molar-refractivity contribution >= 4 is 147 Å². The second-order valence-electron chi connectivity index (χ2n) is 38.4. The summed E-state index contributed by atoms with van der Waals surface area (Å²) in [5.41, 5.74) is 24.7. The maximum absolute atomic E-state index is 11.9. The number of aliphatic imine (C=N–C) groups is 1. The van der Waals surface area contributed by atoms with Crippen LogP contribution in [0.2, 0.25) is 65.0 Å². The third-order valence-corrected chi connectivity index (χ3v) is 32.0. The van der Waals surface area contributed by atoms with Gasteiger partial charge in [-0.2, -0.15) is 0 Å². The van der Waals surface area contributed by atoms with Crippen molar-refractivity contribution in [1.29, 1.82) is 2.86 Å². The van der Waals surface area contributed by atoms with Gasteiger partial charge in [-0.1, -0.05) is 299 Å². The van der Waals surface area contributed by atoms with Crippen molar-refractivity contribution in [3.63, 3.8) is 0 Å². The number of anilines is 3. The number of nitro groups is 1. The van der Waals surface area contributed by atoms with Crippen molar-refractivity contribution in [2.75, 3.05) is 87.3 Å². The van der Waals surface area contributed by atoms with Crippen LogP contribution in [-0.2, 0) is 65.0 Å². The summed E-state index contributed by atoms with van der Waals surface area (Å²) in [6, 6.07) is 59.2. The Morgan fingerprint density at radius 3 is 1.26 bits per heavy atom. The van der Waals surface area contributed by atoms with Crippen LogP contribution >= 0.6 is 82.6 Å². The van der Waals surface area contributed by atoms with E-state index >= 15 is 0 Å². The van der Waals surface area contributed by atoms with Gasteiger partial charge in [0.15, 0.2) is 10.0 Å². The first-order valence-corrected chi connectivity index (χ1v) is 62.1. The quantitative estimate of drug-likeness (QED) is 0.00938. The minimum atomic E-state index is -3.36. The van der Waals surface area contributed by atoms with Gasteiger partial charge in [-0.05, 0) is 226 Å². The van der Waals surface area contributed by atoms with Gasteiger partial charge in [0.1, 0.15) is 45.3 Å². The number of alkyl halides is 3. The van der Waals surface area contributed by atoms with E-state index in [1.54, 1.807) is 101 Å². The minimum Gasteiger partial charge on any atom is -0.489 e. The van der Waals surface area contributed by atoms with Gasteiger partial charge < -0.3 is 61.0 Å². The maximum Gasteiger partial charge on any atom is 0.311 e. The Kier molecular flexibility index (Phi) is 43.1. The molecule has 9 aromatic rings. The van der Waals surface area contributed by atoms with Crippen LogP contribution in [0.5, 0.6) is 23.0 Å². The number of ketones is 2. The zero-order chi connectivity index (χ0) is 137. The number of aliphatic hydroxyl groups is 2. The molecule has 32 heteroatoms. The van der Waals surface area contributed by atoms with Crippen LogP contribution in [0.15, 0.2) is 231 Å². The van der Waals surface area contributed by atoms with Gasteiger partial charge >= 0.3 is 5.69 Å². The number of nitrogen functional groups attached to an aromatic ring is 2. The summed E-state index contributed by atoms with van der Waals surface area (Å²) in [5.74, 6) is 0.608. The van der Waals surface area contributed by atoms with Gasteiger partial charge in [-0.3, -0.25) is 44.3 Å². The number of nitro benzene ring substituents is 1. The van der Waals surface area contributed by atoms with Crippen LogP contribution in [0.3, 0.4) is 0 Å². The number of allylic oxidation sites excluding steroid dienone is 1. The molecule has 0 bridgehead atoms. The van der Waals surface area contributed by atoms with Crippen molar-refractivity contribution in [1.82, 2.24) is 24.5 Å². The molecule has 0 amide bonds. The molecule has 6 heterocycles. The van der Waals surface area contributed by atoms with Gasteiger partial charge in [0.2, 0.25) is 2.86 Å². The number of ether oxygens (including phenoxy) is 4. The number of hydrogen-bond acceptors (Lipinski definition) is 20. The van der Waals surface area contributed by atoms with Crippen LogP contribution in [0.1, 0.15) is 228 Å². The number of fused-ring (bicyclic) bond motifs is 1. The molecule has 0 radical (unpaired) electrons. The second kappa shape index (κ2) is 70.2. The van der Waals surface area contributed by atoms with Crippen LogP contribution in [-0.4, -0.2) is 196 Å². The Balaban J connectivity index is 0.000000518. The normalized spacial score (nSPS) is 22.7. The summed E-state index contributed by atoms with van der Waals surface area (Å²) in [5, 5.41) is 32.2. The van der Waals surface area contributed by atoms with Crippen LogP contribution in [0.25, 0.3) is 0 Å². The van der Waals surface area contributed by atoms with Crippen LogP contribution < -0.4 is 40.4 Å². The summed E-state index contributed by atoms with van der Waals surface area (Å²) in [7, 11) is -3.92. The Labute approximate surface area is 985 Å². The molecular formula is C116H173Br3Cl3FeN11O11Si3. The van der Waals surface area contributed by atoms with Gasteiger partial charge in [-0.15, -0.1) is 6.58 Å². The Morgan fingerprint density at radius 2 is 0.885 bits per heavy atom. The average Bonchev–Trinajstić information content (AvgIpc) is 0.661. The molecule has 22 nitrogen and oxygen atoms in total. The van der Waals surface area contributed by atoms with E-state index in [1.807, 2.05) is 116 Å². The van der Waals surface area contributed by atoms with Gasteiger partial charge in [0.25, 0.3) is 0 Å². The molecule has 0 unspecified atom stereocenters. The topological polar surface area (TPSA) is 296 Å². The molecule has 0 saturated carbocycles. The summed E-state index contributed by atoms with van der Waals surface area (Å²) >= 11 is 24.4. The zero-order valence-electron chi connectivity index (χ0n) is 120. The fraction of sp³-hybridized carbons (Fsp3) is 0.491. The fourth-order valence-electron chi connectivity index (χ4n) is 14.4. The first-order valence-electron chi connectivity index (χ1n) is 63.3. The standard InChI is InChI=1S/C22H30N2O2.C16H30BrNOSi2.C12H17NO.2C12H15NO.C10H12BrNO3.C10H14BrNO.C8H14N2.C7H9N.C6H14Si.CHCl3.Fe.H2O/c1-16(2)26-21-14-19(17(3)13-20(21)23)22(25)9-11-24(12-10-22)15-18-7-5-4-6-8-18;1-12(2)19-16-11-14(17)13(3)10-15(16)18(20(4,5)6)21(7,8)9;3*14-12-6-8-13(9-7-12)10-11-4-2-1-3-5-11;1-6(2)15-10-5-8(11)7(3)4-9(10)12(13)14;1-6(2)13-10-5-8(11)7(3)4-9(10)12;1-2-6-10-7-3-5-9-8(10)4-1;8-6-7-4-2-1-3-5-7;1-5-6-7(2,3)4;2-1(3)4;;/h4-8,13-14,16,25H,9-12,15,23H2,1-3H3;10-12H,1-9H3;1-5,12,14H,6-10H2;2*1-5H,6-10H2;4-6H,1-3H3;4-6H,12H2,1-3H3;1-7H2;1-5H,6,8H2;5H,1,6H2,2-4H3;1H;;1H2/i9D2,10D2,11D2,12D2,16D;12D;8D2,9D2;6D2,7D2,8D2,9D2;8D2,9D2;2*6D;;;;1D;;/hD2. The predicted molar refractivity (Wildman–Crippen MR) is 639 cm³/mol. The van der Waals surface area contributed by atoms with E-state index in [0.29, 0.717) is 38.9 Å². The number of hydrogen-bond donors (Lipinski definition) is 5. The Bertz CT molecular complexity index is 6790. The van der Waals surface area contributed by atoms with E-state index in [1.165, 1.54) is 119 Å². The number of carbonyl (C=O) groups excluding carboxylic acids is 2. The van der Waals surface area contributed by atoms with Crippen molar-refractivity contribution < 1.29 is 106 Å². The molecule has 148 heavy (non-hydrogen) atoms. The number of nitrogens with zero attached hydrogens (tertiary/aromatic N) is 8. The number of rotatable bonds is 24. The molecule has 0 aromatic heterocycles. The number of aliphatic hydroxyl groups excluding tert-OH is 1. The number of piperidine rings is 5. The third-order valence-electron chi connectivity index (χ3n) is 20.8. The molecule has 6 aliphatic heterocycles. The molecule has 820 valence electrons. The first-order chi connectivity index (χ1) is 80.7. The number of carbonyl (C=O) groups is 2. The number of amidine groups is 1. The van der Waals surface area contributed by atoms with Crippen molar-refractivity contribution in [2.24, 2.45) is 10.7 Å². The van der Waals surface area contributed by atoms with Crippen molar-refractivity contribution in [3.05, 3.63) is 292 Å². The van der Waals surface area contributed by atoms with Crippen molar-refractivity contribution in [2.45, 2.75) is 298 Å². The first kappa shape index (κ1) is 91.0. The molecule has 9 aromatic carbocycles. The van der Waals surface area contributed by atoms with Gasteiger partial charge in [0.05, 0.1) is 70.7 Å². The van der Waals surface area contributed by atoms with E-state index in [2.05, 4.69) is 146 Å². The summed E-state index contributed by atoms with van der Waals surface area (Å²) in [6.45, 7) is 28.9. The number of Topliss-reactive ketones (excluding diaryl/α,β-unsaturated/α-hetero) is 2. The van der Waals surface area contributed by atoms with Crippen LogP contribution in [0.4, 0.5) is 22.7 Å². The largest absolute Gasteiger partial charge is 0.489 e. The van der Waals surface area contributed by atoms with E-state index in [9.17, 15) is 29.9 Å². The van der Waals surface area contributed by atoms with E-state index < -0.39 is 165 Å². The molecule has 0 atom stereocenters. The van der Waals surface area contributed by atoms with Crippen molar-refractivity contribution in [3.8, 4) is 23.0 Å². The van der Waals surface area contributed by atoms with Gasteiger partial charge in [0, 0.05) is 220 Å². The maximum atomic E-state index is 11.9. The molecule has 5 saturated heterocycles. The number of nitrogens with two attached hydrogens (primary N) is 3. The third kappa shape index (κ3) is 54.0. The van der Waals surface area contributed by atoms with Gasteiger partial charge in [-0.25, -0.2) is 0 Å². The molecule has 0 spiro atoms. The molecule has 6 aliphatic rings. The van der Waals surface area contributed by atoms with E-state index in [-0.39, 0.29) is 96.6 Å².